The largest absolute Gasteiger partial charge is 0.460 e. The Morgan fingerprint density at radius 3 is 2.03 bits per heavy atom. The van der Waals surface area contributed by atoms with E-state index in [-0.39, 0.29) is 6.61 Å². The number of nitrogens with zero attached hydrogens (tertiary/aromatic N) is 1. The molecule has 1 unspecified atom stereocenters. The van der Waals surface area contributed by atoms with Gasteiger partial charge < -0.3 is 9.47 Å². The van der Waals surface area contributed by atoms with E-state index in [0.29, 0.717) is 4.90 Å². The zero-order valence-corrected chi connectivity index (χ0v) is 17.9. The lowest BCUT2D eigenvalue weighted by Crippen LogP contribution is -2.49. The minimum absolute atomic E-state index is 0.263. The summed E-state index contributed by atoms with van der Waals surface area (Å²) in [5.74, 6) is -7.50. The second kappa shape index (κ2) is 9.64. The Bertz CT molecular complexity index is 668. The Hall–Kier alpha value is -2.01. The Morgan fingerprint density at radius 2 is 1.61 bits per heavy atom. The summed E-state index contributed by atoms with van der Waals surface area (Å²) in [7, 11) is 0. The maximum absolute atomic E-state index is 13.3. The lowest BCUT2D eigenvalue weighted by Gasteiger charge is -2.32. The molecule has 0 saturated carbocycles. The van der Waals surface area contributed by atoms with Crippen molar-refractivity contribution in [2.45, 2.75) is 77.9 Å². The third kappa shape index (κ3) is 8.56. The van der Waals surface area contributed by atoms with Crippen molar-refractivity contribution in [3.8, 4) is 0 Å². The van der Waals surface area contributed by atoms with E-state index >= 15 is 0 Å². The lowest BCUT2D eigenvalue weighted by molar-refractivity contribution is -0.180. The Kier molecular flexibility index (Phi) is 8.40. The molecule has 0 spiro atoms. The number of hydrogen-bond acceptors (Lipinski definition) is 5. The minimum atomic E-state index is -4.99. The molecule has 0 bridgehead atoms. The number of cyclic esters (lactones) is 1. The van der Waals surface area contributed by atoms with Crippen LogP contribution in [0.15, 0.2) is 0 Å². The molecule has 0 N–H and O–H groups in total. The number of halogens is 6. The summed E-state index contributed by atoms with van der Waals surface area (Å²) >= 11 is 0. The van der Waals surface area contributed by atoms with Crippen LogP contribution in [-0.2, 0) is 19.1 Å². The monoisotopic (exact) mass is 463 g/mol. The first kappa shape index (κ1) is 27.0. The first-order chi connectivity index (χ1) is 13.8. The molecule has 0 aromatic carbocycles. The fourth-order valence-electron chi connectivity index (χ4n) is 3.19. The number of rotatable bonds is 7. The molecule has 180 valence electrons. The number of amides is 2. The summed E-state index contributed by atoms with van der Waals surface area (Å²) in [5.41, 5.74) is -1.22. The number of hydrogen-bond donors (Lipinski definition) is 0. The SMILES string of the molecule is CC(C)[C@H]1COC(=O)N1C(=O)[C@H](CC(F)(F)F)C(CCC(F)(F)F)C(=O)OC(C)(C)C. The highest BCUT2D eigenvalue weighted by molar-refractivity contribution is 5.96. The van der Waals surface area contributed by atoms with E-state index in [0.717, 1.165) is 0 Å². The molecule has 1 aliphatic rings. The Morgan fingerprint density at radius 1 is 1.06 bits per heavy atom. The van der Waals surface area contributed by atoms with Crippen molar-refractivity contribution in [2.75, 3.05) is 6.61 Å². The molecule has 6 nitrogen and oxygen atoms in total. The van der Waals surface area contributed by atoms with E-state index in [1.807, 2.05) is 0 Å². The van der Waals surface area contributed by atoms with Gasteiger partial charge in [-0.25, -0.2) is 9.69 Å². The van der Waals surface area contributed by atoms with Gasteiger partial charge in [0, 0.05) is 6.42 Å². The van der Waals surface area contributed by atoms with E-state index in [9.17, 15) is 40.7 Å². The fourth-order valence-corrected chi connectivity index (χ4v) is 3.19. The minimum Gasteiger partial charge on any atom is -0.460 e. The third-order valence-corrected chi connectivity index (χ3v) is 4.62. The molecule has 1 saturated heterocycles. The Labute approximate surface area is 176 Å². The van der Waals surface area contributed by atoms with Crippen LogP contribution >= 0.6 is 0 Å². The van der Waals surface area contributed by atoms with Crippen LogP contribution in [0.4, 0.5) is 31.1 Å². The first-order valence-electron chi connectivity index (χ1n) is 9.68. The molecule has 12 heteroatoms. The normalized spacial score (nSPS) is 19.9. The average Bonchev–Trinajstić information content (AvgIpc) is 2.91. The van der Waals surface area contributed by atoms with Crippen LogP contribution in [0.2, 0.25) is 0 Å². The molecule has 1 fully saturated rings. The van der Waals surface area contributed by atoms with Crippen LogP contribution < -0.4 is 0 Å². The predicted octanol–water partition coefficient (Wildman–Crippen LogP) is 4.86. The van der Waals surface area contributed by atoms with Crippen molar-refractivity contribution in [1.82, 2.24) is 4.90 Å². The summed E-state index contributed by atoms with van der Waals surface area (Å²) in [5, 5.41) is 0. The first-order valence-corrected chi connectivity index (χ1v) is 9.68. The lowest BCUT2D eigenvalue weighted by atomic mass is 9.83. The van der Waals surface area contributed by atoms with Gasteiger partial charge in [-0.05, 0) is 33.1 Å². The molecule has 31 heavy (non-hydrogen) atoms. The molecule has 2 amide bonds. The van der Waals surface area contributed by atoms with Crippen LogP contribution in [0.3, 0.4) is 0 Å². The number of ether oxygens (including phenoxy) is 2. The van der Waals surface area contributed by atoms with E-state index < -0.39 is 79.0 Å². The van der Waals surface area contributed by atoms with Gasteiger partial charge in [-0.15, -0.1) is 0 Å². The molecule has 3 atom stereocenters. The van der Waals surface area contributed by atoms with Crippen LogP contribution in [0.5, 0.6) is 0 Å². The van der Waals surface area contributed by atoms with E-state index in [1.165, 1.54) is 20.8 Å². The van der Waals surface area contributed by atoms with Gasteiger partial charge in [-0.1, -0.05) is 13.8 Å². The average molecular weight is 463 g/mol. The van der Waals surface area contributed by atoms with Gasteiger partial charge >= 0.3 is 24.4 Å². The van der Waals surface area contributed by atoms with Crippen molar-refractivity contribution >= 4 is 18.0 Å². The highest BCUT2D eigenvalue weighted by Gasteiger charge is 2.50. The van der Waals surface area contributed by atoms with Gasteiger partial charge in [0.15, 0.2) is 0 Å². The molecule has 0 aromatic heterocycles. The van der Waals surface area contributed by atoms with Crippen LogP contribution in [-0.4, -0.2) is 53.5 Å². The van der Waals surface area contributed by atoms with Gasteiger partial charge in [-0.3, -0.25) is 9.59 Å². The quantitative estimate of drug-likeness (QED) is 0.398. The van der Waals surface area contributed by atoms with E-state index in [2.05, 4.69) is 0 Å². The molecule has 1 rings (SSSR count). The summed E-state index contributed by atoms with van der Waals surface area (Å²) < 4.78 is 88.0. The van der Waals surface area contributed by atoms with Crippen molar-refractivity contribution in [3.05, 3.63) is 0 Å². The van der Waals surface area contributed by atoms with Crippen LogP contribution in [0, 0.1) is 17.8 Å². The van der Waals surface area contributed by atoms with Crippen molar-refractivity contribution < 1.29 is 50.2 Å². The van der Waals surface area contributed by atoms with Gasteiger partial charge in [0.05, 0.1) is 24.3 Å². The van der Waals surface area contributed by atoms with Gasteiger partial charge in [-0.2, -0.15) is 26.3 Å². The number of alkyl halides is 6. The van der Waals surface area contributed by atoms with Gasteiger partial charge in [0.2, 0.25) is 5.91 Å². The topological polar surface area (TPSA) is 72.9 Å². The zero-order chi connectivity index (χ0) is 24.4. The van der Waals surface area contributed by atoms with Gasteiger partial charge in [0.25, 0.3) is 0 Å². The van der Waals surface area contributed by atoms with Crippen LogP contribution in [0.1, 0.15) is 53.9 Å². The number of carbonyl (C=O) groups is 3. The van der Waals surface area contributed by atoms with Crippen molar-refractivity contribution in [1.29, 1.82) is 0 Å². The molecular formula is C19H27F6NO5. The maximum Gasteiger partial charge on any atom is 0.416 e. The van der Waals surface area contributed by atoms with E-state index in [4.69, 9.17) is 9.47 Å². The van der Waals surface area contributed by atoms with Crippen molar-refractivity contribution in [3.63, 3.8) is 0 Å². The predicted molar refractivity (Wildman–Crippen MR) is 95.6 cm³/mol. The molecule has 1 aliphatic heterocycles. The number of carbonyl (C=O) groups excluding carboxylic acids is 3. The zero-order valence-electron chi connectivity index (χ0n) is 17.9. The maximum atomic E-state index is 13.3. The number of esters is 1. The number of imide groups is 1. The summed E-state index contributed by atoms with van der Waals surface area (Å²) in [4.78, 5) is 38.1. The smallest absolute Gasteiger partial charge is 0.416 e. The molecule has 1 heterocycles. The summed E-state index contributed by atoms with van der Waals surface area (Å²) in [6.07, 6.45) is -15.6. The molecule has 0 aliphatic carbocycles. The molecular weight excluding hydrogens is 436 g/mol. The standard InChI is InChI=1S/C19H27F6NO5/c1-10(2)13-9-30-16(29)26(13)14(27)12(8-19(23,24)25)11(6-7-18(20,21)22)15(28)31-17(3,4)5/h10-13H,6-9H2,1-5H3/t11?,12-,13-/m1/s1. The highest BCUT2D eigenvalue weighted by atomic mass is 19.4. The Balaban J connectivity index is 3.39. The van der Waals surface area contributed by atoms with Gasteiger partial charge in [0.1, 0.15) is 12.2 Å². The summed E-state index contributed by atoms with van der Waals surface area (Å²) in [6, 6.07) is -0.905. The van der Waals surface area contributed by atoms with Crippen LogP contribution in [0.25, 0.3) is 0 Å². The second-order valence-electron chi connectivity index (χ2n) is 8.82. The van der Waals surface area contributed by atoms with E-state index in [1.54, 1.807) is 13.8 Å². The highest BCUT2D eigenvalue weighted by Crippen LogP contribution is 2.37. The third-order valence-electron chi connectivity index (χ3n) is 4.62. The van der Waals surface area contributed by atoms with Crippen molar-refractivity contribution in [2.24, 2.45) is 17.8 Å². The fraction of sp³-hybridized carbons (Fsp3) is 0.842. The summed E-state index contributed by atoms with van der Waals surface area (Å²) in [6.45, 7) is 7.10. The molecule has 0 aromatic rings. The second-order valence-corrected chi connectivity index (χ2v) is 8.82. The molecule has 0 radical (unpaired) electrons.